The molecule has 13 heavy (non-hydrogen) atoms. The first-order valence-corrected chi connectivity index (χ1v) is 4.72. The third kappa shape index (κ3) is 1.48. The molecule has 0 aliphatic carbocycles. The predicted molar refractivity (Wildman–Crippen MR) is 45.0 cm³/mol. The summed E-state index contributed by atoms with van der Waals surface area (Å²) in [5.74, 6) is -0.590. The highest BCUT2D eigenvalue weighted by atomic mass is 16.8. The minimum atomic E-state index is -0.836. The van der Waals surface area contributed by atoms with Crippen LogP contribution in [0.1, 0.15) is 27.2 Å². The van der Waals surface area contributed by atoms with E-state index >= 15 is 0 Å². The Labute approximate surface area is 77.8 Å². The quantitative estimate of drug-likeness (QED) is 0.655. The summed E-state index contributed by atoms with van der Waals surface area (Å²) in [5, 5.41) is 9.51. The molecule has 0 aromatic heterocycles. The van der Waals surface area contributed by atoms with Crippen LogP contribution in [0.2, 0.25) is 0 Å². The van der Waals surface area contributed by atoms with E-state index in [1.807, 2.05) is 20.8 Å². The fourth-order valence-electron chi connectivity index (χ4n) is 1.99. The van der Waals surface area contributed by atoms with Gasteiger partial charge in [0.25, 0.3) is 0 Å². The molecule has 0 aromatic carbocycles. The molecule has 0 spiro atoms. The van der Waals surface area contributed by atoms with Crippen LogP contribution < -0.4 is 0 Å². The zero-order valence-corrected chi connectivity index (χ0v) is 8.19. The highest BCUT2D eigenvalue weighted by Gasteiger charge is 2.54. The van der Waals surface area contributed by atoms with Gasteiger partial charge >= 0.3 is 0 Å². The lowest BCUT2D eigenvalue weighted by Crippen LogP contribution is -2.29. The minimum absolute atomic E-state index is 0.0400. The van der Waals surface area contributed by atoms with Gasteiger partial charge in [0.15, 0.2) is 12.1 Å². The zero-order chi connectivity index (χ0) is 9.64. The number of rotatable bonds is 1. The zero-order valence-electron chi connectivity index (χ0n) is 8.19. The molecular formula is C9H16O4. The van der Waals surface area contributed by atoms with Gasteiger partial charge in [0.05, 0.1) is 6.10 Å². The van der Waals surface area contributed by atoms with Crippen LogP contribution >= 0.6 is 0 Å². The van der Waals surface area contributed by atoms with E-state index in [1.165, 1.54) is 0 Å². The molecular weight excluding hydrogens is 172 g/mol. The van der Waals surface area contributed by atoms with E-state index in [0.29, 0.717) is 0 Å². The monoisotopic (exact) mass is 188 g/mol. The third-order valence-electron chi connectivity index (χ3n) is 2.53. The van der Waals surface area contributed by atoms with Crippen molar-refractivity contribution < 1.29 is 19.3 Å². The van der Waals surface area contributed by atoms with Crippen molar-refractivity contribution in [1.82, 2.24) is 0 Å². The molecule has 1 N–H and O–H groups in total. The number of aliphatic hydroxyl groups excluding tert-OH is 1. The molecule has 2 rings (SSSR count). The van der Waals surface area contributed by atoms with E-state index < -0.39 is 12.1 Å². The van der Waals surface area contributed by atoms with Crippen molar-refractivity contribution in [2.24, 2.45) is 0 Å². The van der Waals surface area contributed by atoms with E-state index in [-0.39, 0.29) is 18.3 Å². The molecule has 2 unspecified atom stereocenters. The number of fused-ring (bicyclic) bond motifs is 1. The standard InChI is InChI=1S/C9H16O4/c1-4-5-6-7(8(10)11-5)13-9(2,3)12-6/h5-8,10H,4H2,1-3H3/t5-,6+,7?,8?/m1/s1. The van der Waals surface area contributed by atoms with Crippen LogP contribution in [0.15, 0.2) is 0 Å². The fourth-order valence-corrected chi connectivity index (χ4v) is 1.99. The Balaban J connectivity index is 2.12. The highest BCUT2D eigenvalue weighted by Crippen LogP contribution is 2.38. The molecule has 2 heterocycles. The summed E-state index contributed by atoms with van der Waals surface area (Å²) in [5.41, 5.74) is 0. The topological polar surface area (TPSA) is 47.9 Å². The minimum Gasteiger partial charge on any atom is -0.366 e. The molecule has 0 aromatic rings. The Kier molecular flexibility index (Phi) is 2.11. The molecule has 76 valence electrons. The first kappa shape index (κ1) is 9.40. The van der Waals surface area contributed by atoms with Crippen molar-refractivity contribution in [2.75, 3.05) is 0 Å². The Bertz CT molecular complexity index is 204. The van der Waals surface area contributed by atoms with Crippen molar-refractivity contribution in [2.45, 2.75) is 57.6 Å². The Hall–Kier alpha value is -0.160. The molecule has 2 aliphatic heterocycles. The normalized spacial score (nSPS) is 48.0. The van der Waals surface area contributed by atoms with Gasteiger partial charge in [-0.1, -0.05) is 6.92 Å². The Morgan fingerprint density at radius 3 is 2.46 bits per heavy atom. The van der Waals surface area contributed by atoms with Gasteiger partial charge in [-0.3, -0.25) is 0 Å². The van der Waals surface area contributed by atoms with Gasteiger partial charge in [-0.2, -0.15) is 0 Å². The van der Waals surface area contributed by atoms with Gasteiger partial charge in [0, 0.05) is 0 Å². The maximum atomic E-state index is 9.51. The SMILES string of the molecule is CC[C@H]1OC(O)C2OC(C)(C)O[C@H]21. The smallest absolute Gasteiger partial charge is 0.184 e. The van der Waals surface area contributed by atoms with Crippen LogP contribution in [0.25, 0.3) is 0 Å². The summed E-state index contributed by atoms with van der Waals surface area (Å²) in [6.07, 6.45) is -0.481. The summed E-state index contributed by atoms with van der Waals surface area (Å²) in [6.45, 7) is 5.71. The maximum Gasteiger partial charge on any atom is 0.184 e. The van der Waals surface area contributed by atoms with Crippen LogP contribution in [0, 0.1) is 0 Å². The molecule has 2 aliphatic rings. The van der Waals surface area contributed by atoms with Gasteiger partial charge in [-0.15, -0.1) is 0 Å². The van der Waals surface area contributed by atoms with Crippen LogP contribution in [-0.2, 0) is 14.2 Å². The van der Waals surface area contributed by atoms with Gasteiger partial charge < -0.3 is 19.3 Å². The maximum absolute atomic E-state index is 9.51. The fraction of sp³-hybridized carbons (Fsp3) is 1.00. The molecule has 2 saturated heterocycles. The first-order valence-electron chi connectivity index (χ1n) is 4.72. The second kappa shape index (κ2) is 2.92. The van der Waals surface area contributed by atoms with Gasteiger partial charge in [0.1, 0.15) is 12.2 Å². The third-order valence-corrected chi connectivity index (χ3v) is 2.53. The average molecular weight is 188 g/mol. The molecule has 0 amide bonds. The van der Waals surface area contributed by atoms with Crippen LogP contribution in [-0.4, -0.2) is 35.5 Å². The number of ether oxygens (including phenoxy) is 3. The van der Waals surface area contributed by atoms with Crippen molar-refractivity contribution in [3.8, 4) is 0 Å². The summed E-state index contributed by atoms with van der Waals surface area (Å²) in [4.78, 5) is 0. The lowest BCUT2D eigenvalue weighted by molar-refractivity contribution is -0.220. The number of hydrogen-bond donors (Lipinski definition) is 1. The van der Waals surface area contributed by atoms with Crippen molar-refractivity contribution in [3.63, 3.8) is 0 Å². The molecule has 4 atom stereocenters. The first-order chi connectivity index (χ1) is 6.03. The van der Waals surface area contributed by atoms with E-state index in [9.17, 15) is 5.11 Å². The van der Waals surface area contributed by atoms with Crippen molar-refractivity contribution >= 4 is 0 Å². The Morgan fingerprint density at radius 2 is 1.85 bits per heavy atom. The van der Waals surface area contributed by atoms with E-state index in [2.05, 4.69) is 0 Å². The number of aliphatic hydroxyl groups is 1. The van der Waals surface area contributed by atoms with E-state index in [0.717, 1.165) is 6.42 Å². The molecule has 0 radical (unpaired) electrons. The lowest BCUT2D eigenvalue weighted by atomic mass is 10.1. The van der Waals surface area contributed by atoms with Crippen molar-refractivity contribution in [3.05, 3.63) is 0 Å². The molecule has 0 bridgehead atoms. The lowest BCUT2D eigenvalue weighted by Gasteiger charge is -2.21. The summed E-state index contributed by atoms with van der Waals surface area (Å²) in [6, 6.07) is 0. The average Bonchev–Trinajstić information content (AvgIpc) is 2.47. The van der Waals surface area contributed by atoms with Crippen LogP contribution in [0.3, 0.4) is 0 Å². The van der Waals surface area contributed by atoms with Gasteiger partial charge in [-0.05, 0) is 20.3 Å². The van der Waals surface area contributed by atoms with E-state index in [4.69, 9.17) is 14.2 Å². The van der Waals surface area contributed by atoms with Gasteiger partial charge in [0.2, 0.25) is 0 Å². The predicted octanol–water partition coefficient (Wildman–Crippen LogP) is 0.634. The van der Waals surface area contributed by atoms with Crippen LogP contribution in [0.4, 0.5) is 0 Å². The number of hydrogen-bond acceptors (Lipinski definition) is 4. The highest BCUT2D eigenvalue weighted by molar-refractivity contribution is 4.93. The largest absolute Gasteiger partial charge is 0.366 e. The van der Waals surface area contributed by atoms with E-state index in [1.54, 1.807) is 0 Å². The summed E-state index contributed by atoms with van der Waals surface area (Å²) < 4.78 is 16.4. The second-order valence-electron chi connectivity index (χ2n) is 4.04. The molecule has 0 saturated carbocycles. The van der Waals surface area contributed by atoms with Gasteiger partial charge in [-0.25, -0.2) is 0 Å². The van der Waals surface area contributed by atoms with Crippen molar-refractivity contribution in [1.29, 1.82) is 0 Å². The molecule has 2 fully saturated rings. The Morgan fingerprint density at radius 1 is 1.23 bits per heavy atom. The summed E-state index contributed by atoms with van der Waals surface area (Å²) >= 11 is 0. The molecule has 4 heteroatoms. The molecule has 4 nitrogen and oxygen atoms in total. The summed E-state index contributed by atoms with van der Waals surface area (Å²) in [7, 11) is 0. The second-order valence-corrected chi connectivity index (χ2v) is 4.04. The van der Waals surface area contributed by atoms with Crippen LogP contribution in [0.5, 0.6) is 0 Å².